The molecular formula is C14H17FN2O2. The number of hydrogen-bond donors (Lipinski definition) is 1. The topological polar surface area (TPSA) is 49.4 Å². The first-order valence-electron chi connectivity index (χ1n) is 6.35. The van der Waals surface area contributed by atoms with Crippen LogP contribution in [0.4, 0.5) is 4.39 Å². The molecule has 1 N–H and O–H groups in total. The third kappa shape index (κ3) is 2.75. The van der Waals surface area contributed by atoms with E-state index < -0.39 is 6.04 Å². The highest BCUT2D eigenvalue weighted by Crippen LogP contribution is 2.24. The maximum absolute atomic E-state index is 13.8. The van der Waals surface area contributed by atoms with Crippen LogP contribution in [-0.2, 0) is 9.59 Å². The predicted octanol–water partition coefficient (Wildman–Crippen LogP) is 1.62. The third-order valence-electron chi connectivity index (χ3n) is 3.43. The summed E-state index contributed by atoms with van der Waals surface area (Å²) >= 11 is 0. The van der Waals surface area contributed by atoms with Crippen molar-refractivity contribution in [1.82, 2.24) is 10.2 Å². The van der Waals surface area contributed by atoms with E-state index in [1.807, 2.05) is 0 Å². The Labute approximate surface area is 111 Å². The van der Waals surface area contributed by atoms with Gasteiger partial charge >= 0.3 is 0 Å². The van der Waals surface area contributed by atoms with E-state index in [0.29, 0.717) is 12.1 Å². The van der Waals surface area contributed by atoms with Crippen LogP contribution in [0.1, 0.15) is 31.9 Å². The van der Waals surface area contributed by atoms with E-state index in [4.69, 9.17) is 0 Å². The zero-order valence-corrected chi connectivity index (χ0v) is 11.0. The van der Waals surface area contributed by atoms with E-state index in [1.54, 1.807) is 36.9 Å². The van der Waals surface area contributed by atoms with Gasteiger partial charge < -0.3 is 10.2 Å². The van der Waals surface area contributed by atoms with Crippen molar-refractivity contribution in [2.45, 2.75) is 32.4 Å². The van der Waals surface area contributed by atoms with Gasteiger partial charge in [0.2, 0.25) is 11.8 Å². The second-order valence-electron chi connectivity index (χ2n) is 4.77. The Morgan fingerprint density at radius 3 is 2.74 bits per heavy atom. The van der Waals surface area contributed by atoms with E-state index in [-0.39, 0.29) is 30.1 Å². The molecule has 5 heteroatoms. The predicted molar refractivity (Wildman–Crippen MR) is 68.7 cm³/mol. The number of benzene rings is 1. The number of rotatable bonds is 2. The number of nitrogens with zero attached hydrogens (tertiary/aromatic N) is 1. The fourth-order valence-electron chi connectivity index (χ4n) is 2.32. The molecule has 2 rings (SSSR count). The lowest BCUT2D eigenvalue weighted by atomic mass is 10.1. The van der Waals surface area contributed by atoms with E-state index >= 15 is 0 Å². The van der Waals surface area contributed by atoms with Crippen LogP contribution in [0.2, 0.25) is 0 Å². The number of halogens is 1. The molecule has 2 amide bonds. The molecule has 0 aromatic heterocycles. The SMILES string of the molecule is CC1NC(=O)CCN(C(C)c2ccccc2F)C1=O. The number of nitrogens with one attached hydrogen (secondary N) is 1. The Morgan fingerprint density at radius 1 is 1.37 bits per heavy atom. The van der Waals surface area contributed by atoms with Crippen LogP contribution in [0, 0.1) is 5.82 Å². The Balaban J connectivity index is 2.27. The zero-order chi connectivity index (χ0) is 14.0. The van der Waals surface area contributed by atoms with Gasteiger partial charge in [-0.1, -0.05) is 18.2 Å². The lowest BCUT2D eigenvalue weighted by Crippen LogP contribution is -2.43. The molecule has 2 unspecified atom stereocenters. The summed E-state index contributed by atoms with van der Waals surface area (Å²) in [7, 11) is 0. The molecule has 0 bridgehead atoms. The van der Waals surface area contributed by atoms with E-state index in [0.717, 1.165) is 0 Å². The first-order valence-corrected chi connectivity index (χ1v) is 6.35. The van der Waals surface area contributed by atoms with Crippen molar-refractivity contribution >= 4 is 11.8 Å². The van der Waals surface area contributed by atoms with Crippen molar-refractivity contribution in [3.05, 3.63) is 35.6 Å². The molecule has 4 nitrogen and oxygen atoms in total. The highest BCUT2D eigenvalue weighted by atomic mass is 19.1. The van der Waals surface area contributed by atoms with Crippen molar-refractivity contribution in [2.75, 3.05) is 6.54 Å². The molecule has 2 atom stereocenters. The van der Waals surface area contributed by atoms with Crippen LogP contribution in [0.25, 0.3) is 0 Å². The van der Waals surface area contributed by atoms with Crippen LogP contribution >= 0.6 is 0 Å². The average Bonchev–Trinajstić information content (AvgIpc) is 2.50. The highest BCUT2D eigenvalue weighted by molar-refractivity contribution is 5.89. The number of carbonyl (C=O) groups is 2. The first kappa shape index (κ1) is 13.5. The van der Waals surface area contributed by atoms with E-state index in [2.05, 4.69) is 5.32 Å². The second-order valence-corrected chi connectivity index (χ2v) is 4.77. The molecule has 102 valence electrons. The Morgan fingerprint density at radius 2 is 2.05 bits per heavy atom. The first-order chi connectivity index (χ1) is 9.00. The molecule has 1 saturated heterocycles. The van der Waals surface area contributed by atoms with E-state index in [1.165, 1.54) is 6.07 Å². The fraction of sp³-hybridized carbons (Fsp3) is 0.429. The summed E-state index contributed by atoms with van der Waals surface area (Å²) in [5.41, 5.74) is 0.470. The third-order valence-corrected chi connectivity index (χ3v) is 3.43. The van der Waals surface area contributed by atoms with Gasteiger partial charge in [0.05, 0.1) is 6.04 Å². The van der Waals surface area contributed by atoms with Crippen LogP contribution in [-0.4, -0.2) is 29.3 Å². The fourth-order valence-corrected chi connectivity index (χ4v) is 2.32. The molecule has 1 heterocycles. The molecule has 0 aliphatic carbocycles. The van der Waals surface area contributed by atoms with Gasteiger partial charge in [-0.2, -0.15) is 0 Å². The molecule has 19 heavy (non-hydrogen) atoms. The van der Waals surface area contributed by atoms with Gasteiger partial charge in [0.25, 0.3) is 0 Å². The van der Waals surface area contributed by atoms with Gasteiger partial charge in [-0.05, 0) is 19.9 Å². The molecule has 1 aliphatic heterocycles. The largest absolute Gasteiger partial charge is 0.345 e. The number of hydrogen-bond acceptors (Lipinski definition) is 2. The van der Waals surface area contributed by atoms with Crippen molar-refractivity contribution in [3.63, 3.8) is 0 Å². The van der Waals surface area contributed by atoms with Crippen LogP contribution in [0.5, 0.6) is 0 Å². The Hall–Kier alpha value is -1.91. The average molecular weight is 264 g/mol. The maximum atomic E-state index is 13.8. The number of carbonyl (C=O) groups excluding carboxylic acids is 2. The lowest BCUT2D eigenvalue weighted by molar-refractivity contribution is -0.135. The molecular weight excluding hydrogens is 247 g/mol. The van der Waals surface area contributed by atoms with Gasteiger partial charge in [0, 0.05) is 18.5 Å². The summed E-state index contributed by atoms with van der Waals surface area (Å²) in [5.74, 6) is -0.662. The lowest BCUT2D eigenvalue weighted by Gasteiger charge is -2.29. The molecule has 0 radical (unpaired) electrons. The molecule has 1 aliphatic rings. The Kier molecular flexibility index (Phi) is 3.83. The van der Waals surface area contributed by atoms with Crippen molar-refractivity contribution in [1.29, 1.82) is 0 Å². The zero-order valence-electron chi connectivity index (χ0n) is 11.0. The summed E-state index contributed by atoms with van der Waals surface area (Å²) < 4.78 is 13.8. The standard InChI is InChI=1S/C14H17FN2O2/c1-9-14(19)17(8-7-13(18)16-9)10(2)11-5-3-4-6-12(11)15/h3-6,9-10H,7-8H2,1-2H3,(H,16,18). The summed E-state index contributed by atoms with van der Waals surface area (Å²) in [6.07, 6.45) is 0.245. The van der Waals surface area contributed by atoms with Crippen LogP contribution in [0.15, 0.2) is 24.3 Å². The van der Waals surface area contributed by atoms with Crippen LogP contribution < -0.4 is 5.32 Å². The monoisotopic (exact) mass is 264 g/mol. The summed E-state index contributed by atoms with van der Waals surface area (Å²) in [4.78, 5) is 25.2. The number of amides is 2. The van der Waals surface area contributed by atoms with Gasteiger partial charge in [-0.25, -0.2) is 4.39 Å². The molecule has 1 aromatic carbocycles. The molecule has 1 fully saturated rings. The second kappa shape index (κ2) is 5.38. The Bertz CT molecular complexity index is 504. The smallest absolute Gasteiger partial charge is 0.245 e. The molecule has 1 aromatic rings. The van der Waals surface area contributed by atoms with Gasteiger partial charge in [-0.15, -0.1) is 0 Å². The minimum atomic E-state index is -0.566. The normalized spacial score (nSPS) is 21.8. The summed E-state index contributed by atoms with van der Waals surface area (Å²) in [5, 5.41) is 2.62. The van der Waals surface area contributed by atoms with Crippen molar-refractivity contribution in [2.24, 2.45) is 0 Å². The molecule has 0 saturated carbocycles. The highest BCUT2D eigenvalue weighted by Gasteiger charge is 2.30. The summed E-state index contributed by atoms with van der Waals surface area (Å²) in [6.45, 7) is 3.73. The van der Waals surface area contributed by atoms with Gasteiger partial charge in [-0.3, -0.25) is 9.59 Å². The summed E-state index contributed by atoms with van der Waals surface area (Å²) in [6, 6.07) is 5.44. The minimum absolute atomic E-state index is 0.149. The van der Waals surface area contributed by atoms with E-state index in [9.17, 15) is 14.0 Å². The van der Waals surface area contributed by atoms with Gasteiger partial charge in [0.1, 0.15) is 11.9 Å². The maximum Gasteiger partial charge on any atom is 0.245 e. The van der Waals surface area contributed by atoms with Crippen molar-refractivity contribution < 1.29 is 14.0 Å². The van der Waals surface area contributed by atoms with Crippen molar-refractivity contribution in [3.8, 4) is 0 Å². The molecule has 0 spiro atoms. The minimum Gasteiger partial charge on any atom is -0.345 e. The van der Waals surface area contributed by atoms with Crippen LogP contribution in [0.3, 0.4) is 0 Å². The quantitative estimate of drug-likeness (QED) is 0.882. The van der Waals surface area contributed by atoms with Gasteiger partial charge in [0.15, 0.2) is 0 Å².